The summed E-state index contributed by atoms with van der Waals surface area (Å²) in [4.78, 5) is 25.7. The lowest BCUT2D eigenvalue weighted by molar-refractivity contribution is -0.0634. The van der Waals surface area contributed by atoms with Crippen molar-refractivity contribution in [3.8, 4) is 0 Å². The molecule has 1 N–H and O–H groups in total. The number of rotatable bonds is 5. The van der Waals surface area contributed by atoms with Crippen molar-refractivity contribution in [2.75, 3.05) is 0 Å². The number of hydrogen-bond donors (Lipinski definition) is 1. The third-order valence-electron chi connectivity index (χ3n) is 8.94. The fourth-order valence-electron chi connectivity index (χ4n) is 6.39. The Labute approximate surface area is 206 Å². The van der Waals surface area contributed by atoms with Crippen LogP contribution in [0.4, 0.5) is 0 Å². The molecular weight excluding hydrogens is 439 g/mol. The summed E-state index contributed by atoms with van der Waals surface area (Å²) in [5.41, 5.74) is 1.53. The second-order valence-electron chi connectivity index (χ2n) is 10.9. The Morgan fingerprint density at radius 1 is 0.971 bits per heavy atom. The van der Waals surface area contributed by atoms with Crippen molar-refractivity contribution in [1.29, 1.82) is 0 Å². The van der Waals surface area contributed by atoms with Gasteiger partial charge in [0.05, 0.1) is 12.6 Å². The molecule has 3 atom stereocenters. The van der Waals surface area contributed by atoms with E-state index in [1.54, 1.807) is 0 Å². The molecule has 1 aliphatic heterocycles. The molecule has 3 unspecified atom stereocenters. The minimum atomic E-state index is -0.564. The SMILES string of the molecule is CCC1C2OB(c3ccc(Cn4ccc(=O)[nH]c4=O)cc3)OC2(c2ccccc2)C(C)(C)C1(C)C. The van der Waals surface area contributed by atoms with Gasteiger partial charge in [-0.25, -0.2) is 4.79 Å². The van der Waals surface area contributed by atoms with Gasteiger partial charge in [-0.1, -0.05) is 95.6 Å². The third kappa shape index (κ3) is 3.47. The van der Waals surface area contributed by atoms with Crippen molar-refractivity contribution in [1.82, 2.24) is 9.55 Å². The summed E-state index contributed by atoms with van der Waals surface area (Å²) in [5, 5.41) is 0. The van der Waals surface area contributed by atoms with Gasteiger partial charge in [0.2, 0.25) is 0 Å². The van der Waals surface area contributed by atoms with Crippen molar-refractivity contribution in [3.63, 3.8) is 0 Å². The maximum absolute atomic E-state index is 12.0. The van der Waals surface area contributed by atoms with Crippen LogP contribution < -0.4 is 16.7 Å². The smallest absolute Gasteiger partial charge is 0.401 e. The van der Waals surface area contributed by atoms with E-state index in [4.69, 9.17) is 9.31 Å². The summed E-state index contributed by atoms with van der Waals surface area (Å²) in [6.45, 7) is 11.9. The average Bonchev–Trinajstić information content (AvgIpc) is 3.28. The van der Waals surface area contributed by atoms with E-state index in [9.17, 15) is 9.59 Å². The highest BCUT2D eigenvalue weighted by Gasteiger charge is 2.73. The van der Waals surface area contributed by atoms with Crippen LogP contribution in [0.15, 0.2) is 76.4 Å². The molecule has 2 heterocycles. The predicted octanol–water partition coefficient (Wildman–Crippen LogP) is 3.68. The topological polar surface area (TPSA) is 73.3 Å². The molecule has 6 nitrogen and oxygen atoms in total. The van der Waals surface area contributed by atoms with Crippen LogP contribution in [0.5, 0.6) is 0 Å². The zero-order valence-corrected chi connectivity index (χ0v) is 21.1. The number of aromatic nitrogens is 2. The first kappa shape index (κ1) is 23.8. The van der Waals surface area contributed by atoms with E-state index < -0.39 is 24.0 Å². The molecule has 2 aromatic carbocycles. The highest BCUT2D eigenvalue weighted by atomic mass is 16.7. The number of H-pyrrole nitrogens is 1. The van der Waals surface area contributed by atoms with E-state index in [1.165, 1.54) is 16.8 Å². The van der Waals surface area contributed by atoms with E-state index in [2.05, 4.69) is 63.9 Å². The molecule has 2 fully saturated rings. The Morgan fingerprint density at radius 3 is 2.29 bits per heavy atom. The van der Waals surface area contributed by atoms with Crippen molar-refractivity contribution in [2.24, 2.45) is 16.7 Å². The molecule has 182 valence electrons. The number of fused-ring (bicyclic) bond motifs is 1. The molecule has 1 aromatic heterocycles. The van der Waals surface area contributed by atoms with Gasteiger partial charge in [-0.3, -0.25) is 14.3 Å². The van der Waals surface area contributed by atoms with Gasteiger partial charge in [0.15, 0.2) is 0 Å². The minimum absolute atomic E-state index is 0.0149. The number of hydrogen-bond acceptors (Lipinski definition) is 4. The lowest BCUT2D eigenvalue weighted by atomic mass is 9.60. The Bertz CT molecular complexity index is 1330. The van der Waals surface area contributed by atoms with E-state index in [1.807, 2.05) is 30.3 Å². The van der Waals surface area contributed by atoms with Crippen molar-refractivity contribution in [3.05, 3.63) is 98.8 Å². The minimum Gasteiger partial charge on any atom is -0.401 e. The summed E-state index contributed by atoms with van der Waals surface area (Å²) in [7, 11) is -0.477. The lowest BCUT2D eigenvalue weighted by Crippen LogP contribution is -2.49. The summed E-state index contributed by atoms with van der Waals surface area (Å²) in [6.07, 6.45) is 2.46. The average molecular weight is 472 g/mol. The quantitative estimate of drug-likeness (QED) is 0.575. The molecule has 7 heteroatoms. The molecule has 5 rings (SSSR count). The van der Waals surface area contributed by atoms with Crippen LogP contribution >= 0.6 is 0 Å². The molecule has 1 aliphatic carbocycles. The Balaban J connectivity index is 1.48. The number of nitrogens with one attached hydrogen (secondary N) is 1. The number of benzene rings is 2. The van der Waals surface area contributed by atoms with Gasteiger partial charge in [0, 0.05) is 17.7 Å². The standard InChI is InChI=1S/C28H33BN2O4/c1-6-22-24-28(20-10-8-7-9-11-20,27(4,5)26(22,2)3)35-29(34-24)21-14-12-19(13-15-21)18-31-17-16-23(32)30-25(31)33/h7-17,22,24H,6,18H2,1-5H3,(H,30,32,33). The van der Waals surface area contributed by atoms with Crippen molar-refractivity contribution in [2.45, 2.75) is 59.3 Å². The second-order valence-corrected chi connectivity index (χ2v) is 10.9. The monoisotopic (exact) mass is 472 g/mol. The molecule has 35 heavy (non-hydrogen) atoms. The van der Waals surface area contributed by atoms with Gasteiger partial charge < -0.3 is 9.31 Å². The molecule has 2 aliphatic rings. The van der Waals surface area contributed by atoms with Crippen molar-refractivity contribution >= 4 is 12.6 Å². The van der Waals surface area contributed by atoms with Gasteiger partial charge in [0.1, 0.15) is 5.60 Å². The van der Waals surface area contributed by atoms with Gasteiger partial charge in [0.25, 0.3) is 5.56 Å². The van der Waals surface area contributed by atoms with Crippen LogP contribution in [0.3, 0.4) is 0 Å². The van der Waals surface area contributed by atoms with E-state index in [0.29, 0.717) is 12.5 Å². The highest BCUT2D eigenvalue weighted by Crippen LogP contribution is 2.69. The zero-order chi connectivity index (χ0) is 25.0. The Kier molecular flexibility index (Phi) is 5.68. The van der Waals surface area contributed by atoms with Crippen LogP contribution in [-0.2, 0) is 21.5 Å². The molecule has 1 saturated carbocycles. The maximum Gasteiger partial charge on any atom is 0.494 e. The lowest BCUT2D eigenvalue weighted by Gasteiger charge is -2.47. The van der Waals surface area contributed by atoms with Crippen LogP contribution in [0.1, 0.15) is 52.2 Å². The molecule has 0 amide bonds. The van der Waals surface area contributed by atoms with Gasteiger partial charge in [-0.2, -0.15) is 0 Å². The van der Waals surface area contributed by atoms with Crippen LogP contribution in [0.2, 0.25) is 0 Å². The van der Waals surface area contributed by atoms with Crippen LogP contribution in [0, 0.1) is 16.7 Å². The van der Waals surface area contributed by atoms with Gasteiger partial charge >= 0.3 is 12.8 Å². The highest BCUT2D eigenvalue weighted by molar-refractivity contribution is 6.62. The third-order valence-corrected chi connectivity index (χ3v) is 8.94. The predicted molar refractivity (Wildman–Crippen MR) is 138 cm³/mol. The first-order valence-corrected chi connectivity index (χ1v) is 12.4. The number of aromatic amines is 1. The summed E-state index contributed by atoms with van der Waals surface area (Å²) < 4.78 is 15.3. The Hall–Kier alpha value is -2.90. The molecule has 0 spiro atoms. The molecule has 3 aromatic rings. The summed E-state index contributed by atoms with van der Waals surface area (Å²) >= 11 is 0. The van der Waals surface area contributed by atoms with E-state index >= 15 is 0 Å². The number of nitrogens with zero attached hydrogens (tertiary/aromatic N) is 1. The van der Waals surface area contributed by atoms with Crippen molar-refractivity contribution < 1.29 is 9.31 Å². The maximum atomic E-state index is 12.0. The molecule has 1 saturated heterocycles. The molecular formula is C28H33BN2O4. The van der Waals surface area contributed by atoms with Crippen LogP contribution in [-0.4, -0.2) is 22.8 Å². The van der Waals surface area contributed by atoms with Crippen LogP contribution in [0.25, 0.3) is 0 Å². The second kappa shape index (κ2) is 8.35. The first-order chi connectivity index (χ1) is 16.6. The summed E-state index contributed by atoms with van der Waals surface area (Å²) in [5.74, 6) is 0.342. The summed E-state index contributed by atoms with van der Waals surface area (Å²) in [6, 6.07) is 19.9. The van der Waals surface area contributed by atoms with Gasteiger partial charge in [-0.15, -0.1) is 0 Å². The van der Waals surface area contributed by atoms with E-state index in [-0.39, 0.29) is 16.9 Å². The van der Waals surface area contributed by atoms with Gasteiger partial charge in [-0.05, 0) is 27.9 Å². The Morgan fingerprint density at radius 2 is 1.66 bits per heavy atom. The van der Waals surface area contributed by atoms with E-state index in [0.717, 1.165) is 23.0 Å². The normalized spacial score (nSPS) is 26.6. The fraction of sp³-hybridized carbons (Fsp3) is 0.429. The largest absolute Gasteiger partial charge is 0.494 e. The zero-order valence-electron chi connectivity index (χ0n) is 21.1. The molecule has 0 radical (unpaired) electrons. The first-order valence-electron chi connectivity index (χ1n) is 12.4. The molecule has 0 bridgehead atoms. The fourth-order valence-corrected chi connectivity index (χ4v) is 6.39.